The van der Waals surface area contributed by atoms with Crippen LogP contribution in [0.1, 0.15) is 42.5 Å². The standard InChI is InChI=1S/C31H33NO2S/c1-23(24-10-5-4-6-11-24)31-30(28-17-14-26(33)22-29(28)35-31)25-12-15-27(16-13-25)34-21-9-20-32-18-7-2-3-8-19-32/h4-6,10-17,22,33H,1-3,7-9,18-21H2. The Hall–Kier alpha value is -3.08. The van der Waals surface area contributed by atoms with E-state index >= 15 is 0 Å². The molecule has 1 aliphatic heterocycles. The maximum Gasteiger partial charge on any atom is 0.119 e. The summed E-state index contributed by atoms with van der Waals surface area (Å²) in [6, 6.07) is 24.3. The van der Waals surface area contributed by atoms with Crippen molar-refractivity contribution in [3.8, 4) is 22.6 Å². The van der Waals surface area contributed by atoms with Crippen LogP contribution in [-0.2, 0) is 0 Å². The lowest BCUT2D eigenvalue weighted by atomic mass is 9.96. The second kappa shape index (κ2) is 11.1. The third-order valence-electron chi connectivity index (χ3n) is 6.80. The molecule has 0 aliphatic carbocycles. The summed E-state index contributed by atoms with van der Waals surface area (Å²) in [6.45, 7) is 8.76. The maximum atomic E-state index is 10.1. The summed E-state index contributed by atoms with van der Waals surface area (Å²) in [4.78, 5) is 3.71. The molecule has 0 amide bonds. The van der Waals surface area contributed by atoms with Crippen molar-refractivity contribution in [2.75, 3.05) is 26.2 Å². The number of benzene rings is 3. The molecule has 35 heavy (non-hydrogen) atoms. The quantitative estimate of drug-likeness (QED) is 0.258. The second-order valence-corrected chi connectivity index (χ2v) is 10.4. The van der Waals surface area contributed by atoms with Crippen LogP contribution < -0.4 is 4.74 Å². The minimum atomic E-state index is 0.283. The van der Waals surface area contributed by atoms with Crippen molar-refractivity contribution in [2.45, 2.75) is 32.1 Å². The Balaban J connectivity index is 1.33. The number of thiophene rings is 1. The Kier molecular flexibility index (Phi) is 7.51. The average molecular weight is 484 g/mol. The van der Waals surface area contributed by atoms with Crippen LogP contribution in [-0.4, -0.2) is 36.2 Å². The number of rotatable bonds is 8. The highest BCUT2D eigenvalue weighted by atomic mass is 32.1. The van der Waals surface area contributed by atoms with Gasteiger partial charge in [0, 0.05) is 27.1 Å². The number of hydrogen-bond acceptors (Lipinski definition) is 4. The van der Waals surface area contributed by atoms with Crippen LogP contribution in [0.2, 0.25) is 0 Å². The van der Waals surface area contributed by atoms with Crippen LogP contribution >= 0.6 is 11.3 Å². The first-order valence-corrected chi connectivity index (χ1v) is 13.5. The van der Waals surface area contributed by atoms with E-state index in [1.807, 2.05) is 30.3 Å². The summed E-state index contributed by atoms with van der Waals surface area (Å²) < 4.78 is 7.13. The SMILES string of the molecule is C=C(c1ccccc1)c1sc2cc(O)ccc2c1-c1ccc(OCCCN2CCCCCC2)cc1. The molecule has 1 N–H and O–H groups in total. The van der Waals surface area contributed by atoms with E-state index in [1.54, 1.807) is 17.4 Å². The molecule has 3 aromatic carbocycles. The number of nitrogens with zero attached hydrogens (tertiary/aromatic N) is 1. The average Bonchev–Trinajstić information content (AvgIpc) is 3.06. The number of phenolic OH excluding ortho intramolecular Hbond substituents is 1. The third kappa shape index (κ3) is 5.61. The van der Waals surface area contributed by atoms with E-state index in [-0.39, 0.29) is 5.75 Å². The molecule has 0 spiro atoms. The van der Waals surface area contributed by atoms with E-state index in [0.29, 0.717) is 0 Å². The number of hydrogen-bond donors (Lipinski definition) is 1. The molecular formula is C31H33NO2S. The molecule has 0 radical (unpaired) electrons. The monoisotopic (exact) mass is 483 g/mol. The summed E-state index contributed by atoms with van der Waals surface area (Å²) >= 11 is 1.68. The lowest BCUT2D eigenvalue weighted by Gasteiger charge is -2.19. The van der Waals surface area contributed by atoms with Gasteiger partial charge in [0.1, 0.15) is 11.5 Å². The highest BCUT2D eigenvalue weighted by Crippen LogP contribution is 2.44. The van der Waals surface area contributed by atoms with Gasteiger partial charge in [0.15, 0.2) is 0 Å². The molecule has 2 heterocycles. The fraction of sp³-hybridized carbons (Fsp3) is 0.290. The van der Waals surface area contributed by atoms with Gasteiger partial charge in [-0.15, -0.1) is 11.3 Å². The number of fused-ring (bicyclic) bond motifs is 1. The molecule has 1 fully saturated rings. The second-order valence-electron chi connectivity index (χ2n) is 9.31. The number of aromatic hydroxyl groups is 1. The molecule has 4 heteroatoms. The van der Waals surface area contributed by atoms with Crippen LogP contribution in [0.15, 0.2) is 79.4 Å². The van der Waals surface area contributed by atoms with Crippen molar-refractivity contribution in [1.29, 1.82) is 0 Å². The fourth-order valence-corrected chi connectivity index (χ4v) is 6.16. The van der Waals surface area contributed by atoms with Gasteiger partial charge in [-0.3, -0.25) is 0 Å². The lowest BCUT2D eigenvalue weighted by molar-refractivity contribution is 0.240. The summed E-state index contributed by atoms with van der Waals surface area (Å²) in [5.74, 6) is 1.19. The molecular weight excluding hydrogens is 450 g/mol. The van der Waals surface area contributed by atoms with Crippen molar-refractivity contribution >= 4 is 27.0 Å². The topological polar surface area (TPSA) is 32.7 Å². The molecule has 0 atom stereocenters. The Labute approximate surface area is 212 Å². The first-order valence-electron chi connectivity index (χ1n) is 12.6. The normalized spacial score (nSPS) is 14.6. The van der Waals surface area contributed by atoms with Crippen molar-refractivity contribution in [3.63, 3.8) is 0 Å². The van der Waals surface area contributed by atoms with Crippen molar-refractivity contribution in [2.24, 2.45) is 0 Å². The van der Waals surface area contributed by atoms with E-state index < -0.39 is 0 Å². The summed E-state index contributed by atoms with van der Waals surface area (Å²) in [7, 11) is 0. The molecule has 4 aromatic rings. The zero-order chi connectivity index (χ0) is 24.0. The largest absolute Gasteiger partial charge is 0.508 e. The van der Waals surface area contributed by atoms with Crippen LogP contribution in [0.3, 0.4) is 0 Å². The minimum absolute atomic E-state index is 0.283. The van der Waals surface area contributed by atoms with E-state index in [2.05, 4.69) is 47.9 Å². The summed E-state index contributed by atoms with van der Waals surface area (Å²) in [5, 5.41) is 11.2. The number of likely N-dealkylation sites (tertiary alicyclic amines) is 1. The molecule has 1 aliphatic rings. The van der Waals surface area contributed by atoms with E-state index in [1.165, 1.54) is 38.8 Å². The Morgan fingerprint density at radius 3 is 2.40 bits per heavy atom. The van der Waals surface area contributed by atoms with Crippen LogP contribution in [0, 0.1) is 0 Å². The fourth-order valence-electron chi connectivity index (χ4n) is 4.91. The van der Waals surface area contributed by atoms with Gasteiger partial charge in [-0.05, 0) is 79.4 Å². The lowest BCUT2D eigenvalue weighted by Crippen LogP contribution is -2.26. The van der Waals surface area contributed by atoms with Gasteiger partial charge in [-0.2, -0.15) is 0 Å². The van der Waals surface area contributed by atoms with Crippen molar-refractivity contribution in [3.05, 3.63) is 89.8 Å². The number of phenols is 1. The Morgan fingerprint density at radius 1 is 0.914 bits per heavy atom. The van der Waals surface area contributed by atoms with Gasteiger partial charge in [-0.25, -0.2) is 0 Å². The molecule has 0 bridgehead atoms. The van der Waals surface area contributed by atoms with Gasteiger partial charge in [0.25, 0.3) is 0 Å². The molecule has 3 nitrogen and oxygen atoms in total. The van der Waals surface area contributed by atoms with Gasteiger partial charge in [0.05, 0.1) is 6.61 Å². The first-order chi connectivity index (χ1) is 17.2. The molecule has 5 rings (SSSR count). The van der Waals surface area contributed by atoms with Crippen LogP contribution in [0.25, 0.3) is 26.8 Å². The number of ether oxygens (including phenoxy) is 1. The zero-order valence-electron chi connectivity index (χ0n) is 20.2. The maximum absolute atomic E-state index is 10.1. The van der Waals surface area contributed by atoms with Crippen molar-refractivity contribution in [1.82, 2.24) is 4.90 Å². The van der Waals surface area contributed by atoms with Gasteiger partial charge in [-0.1, -0.05) is 61.9 Å². The highest BCUT2D eigenvalue weighted by molar-refractivity contribution is 7.20. The first kappa shape index (κ1) is 23.7. The summed E-state index contributed by atoms with van der Waals surface area (Å²) in [5.41, 5.74) is 4.39. The molecule has 0 saturated carbocycles. The smallest absolute Gasteiger partial charge is 0.119 e. The van der Waals surface area contributed by atoms with Gasteiger partial charge in [0.2, 0.25) is 0 Å². The highest BCUT2D eigenvalue weighted by Gasteiger charge is 2.18. The molecule has 1 saturated heterocycles. The zero-order valence-corrected chi connectivity index (χ0v) is 21.0. The Morgan fingerprint density at radius 2 is 1.66 bits per heavy atom. The third-order valence-corrected chi connectivity index (χ3v) is 8.01. The van der Waals surface area contributed by atoms with Gasteiger partial charge >= 0.3 is 0 Å². The van der Waals surface area contributed by atoms with Crippen LogP contribution in [0.4, 0.5) is 0 Å². The molecule has 180 valence electrons. The van der Waals surface area contributed by atoms with E-state index in [4.69, 9.17) is 4.74 Å². The predicted octanol–water partition coefficient (Wildman–Crippen LogP) is 7.98. The summed E-state index contributed by atoms with van der Waals surface area (Å²) in [6.07, 6.45) is 6.47. The predicted molar refractivity (Wildman–Crippen MR) is 149 cm³/mol. The van der Waals surface area contributed by atoms with E-state index in [9.17, 15) is 5.11 Å². The van der Waals surface area contributed by atoms with Crippen molar-refractivity contribution < 1.29 is 9.84 Å². The van der Waals surface area contributed by atoms with Gasteiger partial charge < -0.3 is 14.7 Å². The Bertz CT molecular complexity index is 1270. The van der Waals surface area contributed by atoms with Crippen LogP contribution in [0.5, 0.6) is 11.5 Å². The minimum Gasteiger partial charge on any atom is -0.508 e. The molecule has 0 unspecified atom stereocenters. The molecule has 1 aromatic heterocycles. The van der Waals surface area contributed by atoms with E-state index in [0.717, 1.165) is 62.5 Å².